The van der Waals surface area contributed by atoms with Gasteiger partial charge >= 0.3 is 0 Å². The van der Waals surface area contributed by atoms with E-state index in [1.807, 2.05) is 0 Å². The number of nitrogens with one attached hydrogen (secondary N) is 1. The number of hydrogen-bond acceptors (Lipinski definition) is 1. The maximum absolute atomic E-state index is 3.71. The minimum absolute atomic E-state index is 0. The Balaban J connectivity index is 0.00000180. The van der Waals surface area contributed by atoms with E-state index < -0.39 is 0 Å². The number of benzene rings is 1. The van der Waals surface area contributed by atoms with Crippen LogP contribution in [0.5, 0.6) is 0 Å². The molecular formula is C17H28ClN. The second kappa shape index (κ2) is 7.91. The van der Waals surface area contributed by atoms with Crippen molar-refractivity contribution in [3.05, 3.63) is 35.9 Å². The van der Waals surface area contributed by atoms with Crippen LogP contribution in [-0.4, -0.2) is 6.04 Å². The summed E-state index contributed by atoms with van der Waals surface area (Å²) in [6.45, 7) is 8.18. The number of halogens is 1. The Hall–Kier alpha value is -0.530. The molecule has 2 rings (SSSR count). The summed E-state index contributed by atoms with van der Waals surface area (Å²) in [6, 6.07) is 11.4. The molecule has 1 nitrogen and oxygen atoms in total. The van der Waals surface area contributed by atoms with Gasteiger partial charge < -0.3 is 5.32 Å². The third kappa shape index (κ3) is 5.16. The Labute approximate surface area is 124 Å². The quantitative estimate of drug-likeness (QED) is 0.846. The highest BCUT2D eigenvalue weighted by atomic mass is 35.5. The van der Waals surface area contributed by atoms with Crippen molar-refractivity contribution in [2.45, 2.75) is 52.6 Å². The van der Waals surface area contributed by atoms with Crippen LogP contribution >= 0.6 is 12.4 Å². The van der Waals surface area contributed by atoms with Crippen molar-refractivity contribution in [3.63, 3.8) is 0 Å². The van der Waals surface area contributed by atoms with Gasteiger partial charge in [-0.25, -0.2) is 0 Å². The van der Waals surface area contributed by atoms with Crippen molar-refractivity contribution < 1.29 is 0 Å². The second-order valence-corrected chi connectivity index (χ2v) is 6.33. The summed E-state index contributed by atoms with van der Waals surface area (Å²) >= 11 is 0. The van der Waals surface area contributed by atoms with Crippen LogP contribution in [-0.2, 0) is 6.54 Å². The van der Waals surface area contributed by atoms with Gasteiger partial charge in [-0.05, 0) is 49.5 Å². The fourth-order valence-corrected chi connectivity index (χ4v) is 3.46. The molecule has 1 aliphatic carbocycles. The van der Waals surface area contributed by atoms with E-state index >= 15 is 0 Å². The molecule has 1 N–H and O–H groups in total. The third-order valence-electron chi connectivity index (χ3n) is 4.39. The minimum Gasteiger partial charge on any atom is -0.310 e. The lowest BCUT2D eigenvalue weighted by atomic mass is 9.74. The van der Waals surface area contributed by atoms with Crippen LogP contribution < -0.4 is 5.32 Å². The van der Waals surface area contributed by atoms with Crippen LogP contribution in [0.25, 0.3) is 0 Å². The van der Waals surface area contributed by atoms with E-state index in [0.29, 0.717) is 6.04 Å². The fraction of sp³-hybridized carbons (Fsp3) is 0.647. The van der Waals surface area contributed by atoms with Crippen molar-refractivity contribution in [1.82, 2.24) is 5.32 Å². The maximum atomic E-state index is 3.71. The molecule has 3 atom stereocenters. The zero-order valence-electron chi connectivity index (χ0n) is 12.4. The van der Waals surface area contributed by atoms with Gasteiger partial charge in [0, 0.05) is 12.6 Å². The molecule has 19 heavy (non-hydrogen) atoms. The molecule has 0 heterocycles. The van der Waals surface area contributed by atoms with Gasteiger partial charge in [-0.1, -0.05) is 44.2 Å². The Morgan fingerprint density at radius 3 is 2.21 bits per heavy atom. The first-order chi connectivity index (χ1) is 8.65. The van der Waals surface area contributed by atoms with E-state index in [9.17, 15) is 0 Å². The molecule has 1 aliphatic rings. The minimum atomic E-state index is 0. The summed E-state index contributed by atoms with van der Waals surface area (Å²) in [7, 11) is 0. The molecule has 3 unspecified atom stereocenters. The molecule has 0 amide bonds. The lowest BCUT2D eigenvalue weighted by Crippen LogP contribution is -2.37. The molecule has 108 valence electrons. The van der Waals surface area contributed by atoms with Gasteiger partial charge in [0.15, 0.2) is 0 Å². The number of hydrogen-bond donors (Lipinski definition) is 1. The van der Waals surface area contributed by atoms with E-state index in [1.165, 1.54) is 24.8 Å². The predicted octanol–water partition coefficient (Wildman–Crippen LogP) is 4.66. The summed E-state index contributed by atoms with van der Waals surface area (Å²) in [5, 5.41) is 3.71. The van der Waals surface area contributed by atoms with Gasteiger partial charge in [0.1, 0.15) is 0 Å². The summed E-state index contributed by atoms with van der Waals surface area (Å²) in [4.78, 5) is 0. The first kappa shape index (κ1) is 16.5. The largest absolute Gasteiger partial charge is 0.310 e. The molecule has 0 spiro atoms. The zero-order valence-corrected chi connectivity index (χ0v) is 13.2. The van der Waals surface area contributed by atoms with Gasteiger partial charge in [-0.2, -0.15) is 0 Å². The zero-order chi connectivity index (χ0) is 13.0. The summed E-state index contributed by atoms with van der Waals surface area (Å²) in [5.41, 5.74) is 1.39. The van der Waals surface area contributed by atoms with Crippen LogP contribution in [0, 0.1) is 17.8 Å². The molecule has 0 bridgehead atoms. The van der Waals surface area contributed by atoms with Crippen molar-refractivity contribution in [3.8, 4) is 0 Å². The Morgan fingerprint density at radius 2 is 1.63 bits per heavy atom. The lowest BCUT2D eigenvalue weighted by Gasteiger charge is -2.35. The van der Waals surface area contributed by atoms with Crippen molar-refractivity contribution >= 4 is 12.4 Å². The van der Waals surface area contributed by atoms with Crippen LogP contribution in [0.15, 0.2) is 30.3 Å². The van der Waals surface area contributed by atoms with Crippen LogP contribution in [0.2, 0.25) is 0 Å². The third-order valence-corrected chi connectivity index (χ3v) is 4.39. The highest BCUT2D eigenvalue weighted by Crippen LogP contribution is 2.34. The Kier molecular flexibility index (Phi) is 6.88. The van der Waals surface area contributed by atoms with Crippen molar-refractivity contribution in [1.29, 1.82) is 0 Å². The van der Waals surface area contributed by atoms with Gasteiger partial charge in [-0.3, -0.25) is 0 Å². The van der Waals surface area contributed by atoms with Crippen LogP contribution in [0.4, 0.5) is 0 Å². The molecule has 0 aliphatic heterocycles. The molecule has 1 fully saturated rings. The highest BCUT2D eigenvalue weighted by Gasteiger charge is 2.27. The molecule has 0 radical (unpaired) electrons. The average molecular weight is 282 g/mol. The van der Waals surface area contributed by atoms with E-state index in [1.54, 1.807) is 0 Å². The second-order valence-electron chi connectivity index (χ2n) is 6.33. The lowest BCUT2D eigenvalue weighted by molar-refractivity contribution is 0.182. The monoisotopic (exact) mass is 281 g/mol. The SMILES string of the molecule is CC1CC(C)CC(C(C)NCc2ccccc2)C1.Cl. The first-order valence-corrected chi connectivity index (χ1v) is 7.42. The molecular weight excluding hydrogens is 254 g/mol. The number of rotatable bonds is 4. The predicted molar refractivity (Wildman–Crippen MR) is 85.7 cm³/mol. The van der Waals surface area contributed by atoms with Gasteiger partial charge in [0.2, 0.25) is 0 Å². The normalized spacial score (nSPS) is 28.5. The van der Waals surface area contributed by atoms with E-state index in [4.69, 9.17) is 0 Å². The van der Waals surface area contributed by atoms with Gasteiger partial charge in [0.25, 0.3) is 0 Å². The molecule has 0 aromatic heterocycles. The Morgan fingerprint density at radius 1 is 1.05 bits per heavy atom. The maximum Gasteiger partial charge on any atom is 0.0208 e. The smallest absolute Gasteiger partial charge is 0.0208 e. The van der Waals surface area contributed by atoms with Crippen molar-refractivity contribution in [2.24, 2.45) is 17.8 Å². The van der Waals surface area contributed by atoms with Gasteiger partial charge in [0.05, 0.1) is 0 Å². The van der Waals surface area contributed by atoms with E-state index in [-0.39, 0.29) is 12.4 Å². The topological polar surface area (TPSA) is 12.0 Å². The van der Waals surface area contributed by atoms with Gasteiger partial charge in [-0.15, -0.1) is 12.4 Å². The Bertz CT molecular complexity index is 342. The summed E-state index contributed by atoms with van der Waals surface area (Å²) < 4.78 is 0. The van der Waals surface area contributed by atoms with E-state index in [2.05, 4.69) is 56.4 Å². The molecule has 1 saturated carbocycles. The summed E-state index contributed by atoms with van der Waals surface area (Å²) in [6.07, 6.45) is 4.21. The first-order valence-electron chi connectivity index (χ1n) is 7.42. The highest BCUT2D eigenvalue weighted by molar-refractivity contribution is 5.85. The standard InChI is InChI=1S/C17H27N.ClH/c1-13-9-14(2)11-17(10-13)15(3)18-12-16-7-5-4-6-8-16;/h4-8,13-15,17-18H,9-12H2,1-3H3;1H. The van der Waals surface area contributed by atoms with E-state index in [0.717, 1.165) is 24.3 Å². The fourth-order valence-electron chi connectivity index (χ4n) is 3.46. The molecule has 0 saturated heterocycles. The van der Waals surface area contributed by atoms with Crippen LogP contribution in [0.1, 0.15) is 45.6 Å². The summed E-state index contributed by atoms with van der Waals surface area (Å²) in [5.74, 6) is 2.66. The molecule has 1 aromatic carbocycles. The average Bonchev–Trinajstić information content (AvgIpc) is 2.36. The van der Waals surface area contributed by atoms with Crippen LogP contribution in [0.3, 0.4) is 0 Å². The molecule has 2 heteroatoms. The molecule has 1 aromatic rings. The van der Waals surface area contributed by atoms with Crippen molar-refractivity contribution in [2.75, 3.05) is 0 Å².